The van der Waals surface area contributed by atoms with Crippen LogP contribution in [0.15, 0.2) is 30.3 Å². The normalized spacial score (nSPS) is 7.56. The molecule has 0 saturated heterocycles. The van der Waals surface area contributed by atoms with E-state index in [9.17, 15) is 0 Å². The molecule has 1 rings (SSSR count). The lowest BCUT2D eigenvalue weighted by Crippen LogP contribution is -1.70. The van der Waals surface area contributed by atoms with Crippen LogP contribution < -0.4 is 0 Å². The first-order valence-corrected chi connectivity index (χ1v) is 5.04. The van der Waals surface area contributed by atoms with Crippen molar-refractivity contribution in [1.82, 2.24) is 0 Å². The van der Waals surface area contributed by atoms with Gasteiger partial charge in [-0.25, -0.2) is 0 Å². The van der Waals surface area contributed by atoms with Crippen LogP contribution >= 0.6 is 0 Å². The van der Waals surface area contributed by atoms with E-state index in [-0.39, 0.29) is 0 Å². The molecule has 16 heavy (non-hydrogen) atoms. The minimum Gasteiger partial charge on any atom is -0.198 e. The molecule has 0 aromatic heterocycles. The highest BCUT2D eigenvalue weighted by molar-refractivity contribution is 5.27. The molecule has 3 nitrogen and oxygen atoms in total. The predicted octanol–water partition coefficient (Wildman–Crippen LogP) is 3.15. The summed E-state index contributed by atoms with van der Waals surface area (Å²) in [5, 5.41) is 24.4. The van der Waals surface area contributed by atoms with Crippen LogP contribution in [-0.2, 0) is 0 Å². The number of hydrogen-bond acceptors (Lipinski definition) is 3. The molecule has 80 valence electrons. The van der Waals surface area contributed by atoms with E-state index in [1.54, 1.807) is 12.1 Å². The van der Waals surface area contributed by atoms with Gasteiger partial charge in [0, 0.05) is 12.8 Å². The maximum atomic E-state index is 8.29. The van der Waals surface area contributed by atoms with Gasteiger partial charge < -0.3 is 0 Å². The third kappa shape index (κ3) is 8.30. The van der Waals surface area contributed by atoms with E-state index in [0.717, 1.165) is 12.8 Å². The molecule has 0 N–H and O–H groups in total. The molecule has 0 atom stereocenters. The summed E-state index contributed by atoms with van der Waals surface area (Å²) in [4.78, 5) is 0. The molecule has 0 aliphatic rings. The first-order chi connectivity index (χ1) is 7.85. The lowest BCUT2D eigenvalue weighted by atomic mass is 10.2. The van der Waals surface area contributed by atoms with Crippen molar-refractivity contribution in [2.45, 2.75) is 25.7 Å². The molecule has 0 heterocycles. The Morgan fingerprint density at radius 1 is 0.812 bits per heavy atom. The van der Waals surface area contributed by atoms with Crippen molar-refractivity contribution in [1.29, 1.82) is 15.8 Å². The van der Waals surface area contributed by atoms with Crippen LogP contribution in [0, 0.1) is 34.0 Å². The van der Waals surface area contributed by atoms with Gasteiger partial charge in [0.2, 0.25) is 0 Å². The number of benzene rings is 1. The minimum atomic E-state index is 0.585. The van der Waals surface area contributed by atoms with Crippen molar-refractivity contribution in [2.75, 3.05) is 0 Å². The average Bonchev–Trinajstić information content (AvgIpc) is 2.36. The zero-order valence-electron chi connectivity index (χ0n) is 9.06. The van der Waals surface area contributed by atoms with Gasteiger partial charge in [-0.3, -0.25) is 0 Å². The second kappa shape index (κ2) is 10.8. The maximum Gasteiger partial charge on any atom is 0.0991 e. The molecule has 0 radical (unpaired) electrons. The van der Waals surface area contributed by atoms with Gasteiger partial charge in [-0.05, 0) is 25.0 Å². The van der Waals surface area contributed by atoms with Crippen LogP contribution in [0.2, 0.25) is 0 Å². The number of unbranched alkanes of at least 4 members (excludes halogenated alkanes) is 3. The molecule has 0 amide bonds. The van der Waals surface area contributed by atoms with Crippen LogP contribution in [0.5, 0.6) is 0 Å². The third-order valence-corrected chi connectivity index (χ3v) is 1.73. The lowest BCUT2D eigenvalue weighted by Gasteiger charge is -1.83. The van der Waals surface area contributed by atoms with Gasteiger partial charge in [0.05, 0.1) is 23.8 Å². The number of nitriles is 3. The summed E-state index contributed by atoms with van der Waals surface area (Å²) in [5.74, 6) is 0. The van der Waals surface area contributed by atoms with E-state index in [0.29, 0.717) is 18.4 Å². The molecule has 0 spiro atoms. The highest BCUT2D eigenvalue weighted by atomic mass is 14.2. The first-order valence-electron chi connectivity index (χ1n) is 5.04. The van der Waals surface area contributed by atoms with Crippen molar-refractivity contribution in [3.8, 4) is 18.2 Å². The molecule has 0 fully saturated rings. The smallest absolute Gasteiger partial charge is 0.0991 e. The molecule has 1 aromatic rings. The fraction of sp³-hybridized carbons (Fsp3) is 0.308. The van der Waals surface area contributed by atoms with Crippen molar-refractivity contribution >= 4 is 0 Å². The van der Waals surface area contributed by atoms with E-state index < -0.39 is 0 Å². The Bertz CT molecular complexity index is 374. The zero-order valence-corrected chi connectivity index (χ0v) is 9.06. The Balaban J connectivity index is 0.000000281. The van der Waals surface area contributed by atoms with Crippen LogP contribution in [0.4, 0.5) is 0 Å². The topological polar surface area (TPSA) is 71.4 Å². The summed E-state index contributed by atoms with van der Waals surface area (Å²) >= 11 is 0. The Kier molecular flexibility index (Phi) is 9.21. The standard InChI is InChI=1S/C7H5N.C6H8N2/c8-6-7-4-2-1-3-5-7;7-5-3-1-2-4-6-8/h1-5H;1-4H2. The molecular formula is C13H13N3. The second-order valence-corrected chi connectivity index (χ2v) is 3.00. The summed E-state index contributed by atoms with van der Waals surface area (Å²) in [6.45, 7) is 0. The van der Waals surface area contributed by atoms with Crippen molar-refractivity contribution in [3.63, 3.8) is 0 Å². The Morgan fingerprint density at radius 2 is 1.31 bits per heavy atom. The van der Waals surface area contributed by atoms with Gasteiger partial charge in [-0.1, -0.05) is 18.2 Å². The summed E-state index contributed by atoms with van der Waals surface area (Å²) in [6, 6.07) is 15.2. The fourth-order valence-corrected chi connectivity index (χ4v) is 0.921. The highest BCUT2D eigenvalue weighted by Gasteiger charge is 1.83. The van der Waals surface area contributed by atoms with Crippen molar-refractivity contribution in [2.24, 2.45) is 0 Å². The van der Waals surface area contributed by atoms with Crippen LogP contribution in [0.1, 0.15) is 31.2 Å². The fourth-order valence-electron chi connectivity index (χ4n) is 0.921. The lowest BCUT2D eigenvalue weighted by molar-refractivity contribution is 0.773. The molecule has 3 heteroatoms. The van der Waals surface area contributed by atoms with Gasteiger partial charge in [-0.15, -0.1) is 0 Å². The quantitative estimate of drug-likeness (QED) is 0.721. The zero-order chi connectivity index (χ0) is 12.1. The molecule has 0 saturated carbocycles. The van der Waals surface area contributed by atoms with E-state index in [1.165, 1.54) is 0 Å². The van der Waals surface area contributed by atoms with Crippen LogP contribution in [0.3, 0.4) is 0 Å². The average molecular weight is 211 g/mol. The second-order valence-electron chi connectivity index (χ2n) is 3.00. The molecular weight excluding hydrogens is 198 g/mol. The number of nitrogens with zero attached hydrogens (tertiary/aromatic N) is 3. The highest BCUT2D eigenvalue weighted by Crippen LogP contribution is 1.95. The van der Waals surface area contributed by atoms with Gasteiger partial charge in [0.1, 0.15) is 0 Å². The van der Waals surface area contributed by atoms with E-state index in [2.05, 4.69) is 0 Å². The molecule has 0 unspecified atom stereocenters. The van der Waals surface area contributed by atoms with Gasteiger partial charge in [-0.2, -0.15) is 15.8 Å². The predicted molar refractivity (Wildman–Crippen MR) is 60.9 cm³/mol. The third-order valence-electron chi connectivity index (χ3n) is 1.73. The van der Waals surface area contributed by atoms with Gasteiger partial charge >= 0.3 is 0 Å². The van der Waals surface area contributed by atoms with Crippen LogP contribution in [0.25, 0.3) is 0 Å². The molecule has 0 bridgehead atoms. The molecule has 0 aliphatic carbocycles. The summed E-state index contributed by atoms with van der Waals surface area (Å²) in [5.41, 5.74) is 0.715. The van der Waals surface area contributed by atoms with E-state index >= 15 is 0 Å². The maximum absolute atomic E-state index is 8.29. The minimum absolute atomic E-state index is 0.585. The van der Waals surface area contributed by atoms with Crippen LogP contribution in [-0.4, -0.2) is 0 Å². The Morgan fingerprint density at radius 3 is 1.62 bits per heavy atom. The largest absolute Gasteiger partial charge is 0.198 e. The number of hydrogen-bond donors (Lipinski definition) is 0. The Hall–Kier alpha value is -2.31. The van der Waals surface area contributed by atoms with Crippen molar-refractivity contribution < 1.29 is 0 Å². The van der Waals surface area contributed by atoms with E-state index in [4.69, 9.17) is 15.8 Å². The van der Waals surface area contributed by atoms with Gasteiger partial charge in [0.15, 0.2) is 0 Å². The van der Waals surface area contributed by atoms with Crippen molar-refractivity contribution in [3.05, 3.63) is 35.9 Å². The first kappa shape index (κ1) is 13.7. The molecule has 0 aliphatic heterocycles. The van der Waals surface area contributed by atoms with Gasteiger partial charge in [0.25, 0.3) is 0 Å². The monoisotopic (exact) mass is 211 g/mol. The summed E-state index contributed by atoms with van der Waals surface area (Å²) < 4.78 is 0. The summed E-state index contributed by atoms with van der Waals surface area (Å²) in [7, 11) is 0. The Labute approximate surface area is 96.2 Å². The molecule has 1 aromatic carbocycles. The number of rotatable bonds is 3. The SMILES string of the molecule is N#CCCCCC#N.N#Cc1ccccc1. The van der Waals surface area contributed by atoms with E-state index in [1.807, 2.05) is 36.4 Å². The summed E-state index contributed by atoms with van der Waals surface area (Å²) in [6.07, 6.45) is 2.90.